The van der Waals surface area contributed by atoms with Crippen molar-refractivity contribution in [2.75, 3.05) is 18.4 Å². The Morgan fingerprint density at radius 3 is 2.87 bits per heavy atom. The lowest BCUT2D eigenvalue weighted by molar-refractivity contribution is -0.119. The third-order valence-electron chi connectivity index (χ3n) is 4.15. The number of aromatic nitrogens is 2. The van der Waals surface area contributed by atoms with Gasteiger partial charge in [0, 0.05) is 37.9 Å². The first-order chi connectivity index (χ1) is 10.5. The summed E-state index contributed by atoms with van der Waals surface area (Å²) in [5, 5.41) is 10.4. The maximum Gasteiger partial charge on any atom is 0.229 e. The predicted octanol–water partition coefficient (Wildman–Crippen LogP) is 2.23. The monoisotopic (exact) mass is 338 g/mol. The topological polar surface area (TPSA) is 59.0 Å². The van der Waals surface area contributed by atoms with Crippen molar-refractivity contribution in [3.8, 4) is 0 Å². The Balaban J connectivity index is 0.00000192. The Kier molecular flexibility index (Phi) is 5.38. The van der Waals surface area contributed by atoms with Crippen LogP contribution in [0.15, 0.2) is 30.6 Å². The summed E-state index contributed by atoms with van der Waals surface area (Å²) >= 11 is 0. The molecular weight excluding hydrogens is 319 g/mol. The molecule has 1 aromatic carbocycles. The second-order valence-electron chi connectivity index (χ2n) is 5.77. The summed E-state index contributed by atoms with van der Waals surface area (Å²) in [6.45, 7) is 3.17. The first kappa shape index (κ1) is 17.4. The van der Waals surface area contributed by atoms with Crippen LogP contribution in [0.25, 0.3) is 0 Å². The minimum Gasteiger partial charge on any atom is -0.326 e. The quantitative estimate of drug-likeness (QED) is 0.902. The van der Waals surface area contributed by atoms with E-state index in [0.29, 0.717) is 12.2 Å². The molecule has 5 nitrogen and oxygen atoms in total. The normalized spacial score (nSPS) is 20.1. The maximum absolute atomic E-state index is 13.1. The smallest absolute Gasteiger partial charge is 0.229 e. The van der Waals surface area contributed by atoms with Gasteiger partial charge in [0.25, 0.3) is 0 Å². The van der Waals surface area contributed by atoms with Crippen LogP contribution in [-0.4, -0.2) is 28.8 Å². The molecule has 2 aromatic rings. The molecule has 0 aliphatic carbocycles. The lowest BCUT2D eigenvalue weighted by Gasteiger charge is -2.18. The summed E-state index contributed by atoms with van der Waals surface area (Å²) in [5.41, 5.74) is 2.43. The fourth-order valence-electron chi connectivity index (χ4n) is 2.93. The molecule has 2 atom stereocenters. The summed E-state index contributed by atoms with van der Waals surface area (Å²) in [4.78, 5) is 12.6. The molecule has 2 N–H and O–H groups in total. The number of rotatable bonds is 3. The van der Waals surface area contributed by atoms with Gasteiger partial charge in [-0.2, -0.15) is 5.10 Å². The van der Waals surface area contributed by atoms with Crippen molar-refractivity contribution in [3.05, 3.63) is 47.5 Å². The highest BCUT2D eigenvalue weighted by molar-refractivity contribution is 5.94. The number of nitrogens with zero attached hydrogens (tertiary/aromatic N) is 2. The predicted molar refractivity (Wildman–Crippen MR) is 89.3 cm³/mol. The zero-order chi connectivity index (χ0) is 15.7. The summed E-state index contributed by atoms with van der Waals surface area (Å²) in [6.07, 6.45) is 3.75. The minimum absolute atomic E-state index is 0. The van der Waals surface area contributed by atoms with Gasteiger partial charge in [-0.1, -0.05) is 0 Å². The molecular formula is C16H20ClFN4O. The lowest BCUT2D eigenvalue weighted by atomic mass is 9.90. The van der Waals surface area contributed by atoms with Gasteiger partial charge in [-0.15, -0.1) is 12.4 Å². The van der Waals surface area contributed by atoms with E-state index in [-0.39, 0.29) is 36.0 Å². The number of anilines is 1. The zero-order valence-corrected chi connectivity index (χ0v) is 13.9. The Morgan fingerprint density at radius 2 is 2.22 bits per heavy atom. The highest BCUT2D eigenvalue weighted by Crippen LogP contribution is 2.29. The molecule has 0 saturated carbocycles. The number of hydrogen-bond donors (Lipinski definition) is 2. The summed E-state index contributed by atoms with van der Waals surface area (Å²) in [5.74, 6) is -0.400. The third kappa shape index (κ3) is 3.71. The van der Waals surface area contributed by atoms with Crippen molar-refractivity contribution in [3.63, 3.8) is 0 Å². The van der Waals surface area contributed by atoms with E-state index in [0.717, 1.165) is 17.7 Å². The van der Waals surface area contributed by atoms with E-state index < -0.39 is 0 Å². The van der Waals surface area contributed by atoms with Gasteiger partial charge in [-0.25, -0.2) is 4.39 Å². The van der Waals surface area contributed by atoms with E-state index in [1.807, 2.05) is 13.2 Å². The van der Waals surface area contributed by atoms with Crippen molar-refractivity contribution in [1.82, 2.24) is 15.1 Å². The van der Waals surface area contributed by atoms with Gasteiger partial charge < -0.3 is 10.6 Å². The van der Waals surface area contributed by atoms with Gasteiger partial charge in [0.1, 0.15) is 5.82 Å². The summed E-state index contributed by atoms with van der Waals surface area (Å²) in [7, 11) is 1.86. The Morgan fingerprint density at radius 1 is 1.43 bits per heavy atom. The van der Waals surface area contributed by atoms with Crippen LogP contribution in [0.2, 0.25) is 0 Å². The van der Waals surface area contributed by atoms with E-state index in [1.165, 1.54) is 12.1 Å². The van der Waals surface area contributed by atoms with E-state index in [9.17, 15) is 9.18 Å². The molecule has 0 radical (unpaired) electrons. The average Bonchev–Trinajstić information content (AvgIpc) is 3.10. The Labute approximate surface area is 140 Å². The molecule has 3 rings (SSSR count). The second kappa shape index (κ2) is 7.10. The van der Waals surface area contributed by atoms with Crippen molar-refractivity contribution in [2.45, 2.75) is 12.8 Å². The molecule has 0 bridgehead atoms. The molecule has 1 aliphatic rings. The van der Waals surface area contributed by atoms with Gasteiger partial charge in [0.2, 0.25) is 5.91 Å². The summed E-state index contributed by atoms with van der Waals surface area (Å²) in [6, 6.07) is 4.37. The van der Waals surface area contributed by atoms with Gasteiger partial charge in [0.05, 0.1) is 12.1 Å². The highest BCUT2D eigenvalue weighted by Gasteiger charge is 2.34. The first-order valence-corrected chi connectivity index (χ1v) is 7.31. The van der Waals surface area contributed by atoms with Crippen molar-refractivity contribution < 1.29 is 9.18 Å². The van der Waals surface area contributed by atoms with Crippen molar-refractivity contribution in [2.24, 2.45) is 13.0 Å². The van der Waals surface area contributed by atoms with Crippen molar-refractivity contribution >= 4 is 24.0 Å². The zero-order valence-electron chi connectivity index (χ0n) is 13.0. The fraction of sp³-hybridized carbons (Fsp3) is 0.375. The van der Waals surface area contributed by atoms with Crippen LogP contribution >= 0.6 is 12.4 Å². The Bertz CT molecular complexity index is 703. The van der Waals surface area contributed by atoms with Crippen LogP contribution in [0.4, 0.5) is 10.1 Å². The van der Waals surface area contributed by atoms with Crippen LogP contribution in [0, 0.1) is 18.7 Å². The molecule has 1 aromatic heterocycles. The van der Waals surface area contributed by atoms with Gasteiger partial charge in [-0.3, -0.25) is 9.48 Å². The largest absolute Gasteiger partial charge is 0.326 e. The first-order valence-electron chi connectivity index (χ1n) is 7.31. The van der Waals surface area contributed by atoms with E-state index >= 15 is 0 Å². The van der Waals surface area contributed by atoms with E-state index in [1.54, 1.807) is 23.9 Å². The molecule has 23 heavy (non-hydrogen) atoms. The Hall–Kier alpha value is -1.92. The van der Waals surface area contributed by atoms with Crippen LogP contribution < -0.4 is 10.6 Å². The molecule has 1 fully saturated rings. The number of halogens is 2. The molecule has 7 heteroatoms. The van der Waals surface area contributed by atoms with Crippen LogP contribution in [0.1, 0.15) is 17.0 Å². The number of nitrogens with one attached hydrogen (secondary N) is 2. The highest BCUT2D eigenvalue weighted by atomic mass is 35.5. The minimum atomic E-state index is -0.300. The number of benzene rings is 1. The number of carbonyl (C=O) groups excluding carboxylic acids is 1. The van der Waals surface area contributed by atoms with Crippen LogP contribution in [0.3, 0.4) is 0 Å². The number of aryl methyl sites for hydroxylation is 2. The van der Waals surface area contributed by atoms with Crippen LogP contribution in [-0.2, 0) is 11.8 Å². The average molecular weight is 339 g/mol. The summed E-state index contributed by atoms with van der Waals surface area (Å²) < 4.78 is 14.9. The number of carbonyl (C=O) groups is 1. The van der Waals surface area contributed by atoms with Crippen LogP contribution in [0.5, 0.6) is 0 Å². The molecule has 2 heterocycles. The van der Waals surface area contributed by atoms with Gasteiger partial charge in [-0.05, 0) is 36.2 Å². The van der Waals surface area contributed by atoms with Crippen molar-refractivity contribution in [1.29, 1.82) is 0 Å². The SMILES string of the molecule is Cc1cc(F)ccc1NC(=O)[C@H]1CNC[C@@H]1c1cnn(C)c1.Cl. The number of hydrogen-bond acceptors (Lipinski definition) is 3. The third-order valence-corrected chi connectivity index (χ3v) is 4.15. The lowest BCUT2D eigenvalue weighted by Crippen LogP contribution is -2.28. The maximum atomic E-state index is 13.1. The molecule has 1 amide bonds. The molecule has 124 valence electrons. The van der Waals surface area contributed by atoms with E-state index in [2.05, 4.69) is 15.7 Å². The fourth-order valence-corrected chi connectivity index (χ4v) is 2.93. The molecule has 1 saturated heterocycles. The number of amides is 1. The second-order valence-corrected chi connectivity index (χ2v) is 5.77. The van der Waals surface area contributed by atoms with E-state index in [4.69, 9.17) is 0 Å². The van der Waals surface area contributed by atoms with Gasteiger partial charge in [0.15, 0.2) is 0 Å². The molecule has 1 aliphatic heterocycles. The molecule has 0 spiro atoms. The standard InChI is InChI=1S/C16H19FN4O.ClH/c1-10-5-12(17)3-4-15(10)20-16(22)14-8-18-7-13(14)11-6-19-21(2)9-11;/h3-6,9,13-14,18H,7-8H2,1-2H3,(H,20,22);1H/t13-,14+;/m1./s1. The van der Waals surface area contributed by atoms with Gasteiger partial charge >= 0.3 is 0 Å². The molecule has 0 unspecified atom stereocenters.